The van der Waals surface area contributed by atoms with Gasteiger partial charge in [0.2, 0.25) is 0 Å². The molecule has 9 heteroatoms. The molecule has 0 aromatic heterocycles. The standard InChI is InChI=1S/C77H137NO8/c1-6-8-10-12-14-16-18-20-22-24-26-28-30-32-33-34-35-36-37-38-39-40-41-42-43-44-46-48-50-52-54-56-58-60-62-64-66-68-75(80)86-73(72-85-77(76(81)82)83-70-69-78(3,4)5)71-84-74(79)67-65-63-61-59-57-55-53-51-49-47-45-31-29-27-25-23-21-19-17-15-13-11-9-7-2/h8,10,14,16,20,22,26,28,32-33,35-36,38-39,73,77H,6-7,9,11-13,15,17-19,21,23-25,27,29-31,34,37,40-72H2,1-5H3/p+1/b10-8-,16-14-,22-20-,28-26-,33-32-,36-35-,39-38-. The lowest BCUT2D eigenvalue weighted by atomic mass is 10.0. The van der Waals surface area contributed by atoms with E-state index in [0.29, 0.717) is 17.4 Å². The maximum atomic E-state index is 13.0. The van der Waals surface area contributed by atoms with Crippen molar-refractivity contribution >= 4 is 17.9 Å². The van der Waals surface area contributed by atoms with Gasteiger partial charge in [0.05, 0.1) is 34.4 Å². The summed E-state index contributed by atoms with van der Waals surface area (Å²) in [4.78, 5) is 37.6. The van der Waals surface area contributed by atoms with E-state index in [1.54, 1.807) is 0 Å². The Morgan fingerprint density at radius 1 is 0.360 bits per heavy atom. The Morgan fingerprint density at radius 2 is 0.663 bits per heavy atom. The molecule has 498 valence electrons. The summed E-state index contributed by atoms with van der Waals surface area (Å²) in [5, 5.41) is 9.75. The molecule has 0 aromatic rings. The van der Waals surface area contributed by atoms with Crippen molar-refractivity contribution in [2.24, 2.45) is 0 Å². The highest BCUT2D eigenvalue weighted by molar-refractivity contribution is 5.71. The SMILES string of the molecule is CC/C=C\C/C=C\C/C=C\C/C=C\C/C=C\C/C=C\C/C=C\CCCCCCCCCCCCCCCCCC(=O)OC(COC(=O)CCCCCCCCCCCCCCCCCCCCCCCCCC)COC(OCC[N+](C)(C)C)C(=O)O. The fraction of sp³-hybridized carbons (Fsp3) is 0.779. The van der Waals surface area contributed by atoms with Crippen LogP contribution in [0.15, 0.2) is 85.1 Å². The molecule has 0 amide bonds. The zero-order valence-corrected chi connectivity index (χ0v) is 57.0. The number of carboxylic acid groups (broad SMARTS) is 1. The number of rotatable bonds is 67. The maximum Gasteiger partial charge on any atom is 0.361 e. The molecule has 86 heavy (non-hydrogen) atoms. The number of aliphatic carboxylic acids is 1. The Labute approximate surface area is 531 Å². The lowest BCUT2D eigenvalue weighted by Gasteiger charge is -2.25. The van der Waals surface area contributed by atoms with Gasteiger partial charge in [0.25, 0.3) is 6.29 Å². The number of likely N-dealkylation sites (N-methyl/N-ethyl adjacent to an activating group) is 1. The van der Waals surface area contributed by atoms with Crippen molar-refractivity contribution in [3.8, 4) is 0 Å². The number of carbonyl (C=O) groups excluding carboxylic acids is 2. The van der Waals surface area contributed by atoms with Crippen LogP contribution in [0.2, 0.25) is 0 Å². The second-order valence-electron chi connectivity index (χ2n) is 25.5. The van der Waals surface area contributed by atoms with Gasteiger partial charge in [-0.3, -0.25) is 9.59 Å². The summed E-state index contributed by atoms with van der Waals surface area (Å²) < 4.78 is 23.0. The lowest BCUT2D eigenvalue weighted by molar-refractivity contribution is -0.870. The maximum absolute atomic E-state index is 13.0. The van der Waals surface area contributed by atoms with E-state index in [1.165, 1.54) is 218 Å². The van der Waals surface area contributed by atoms with Crippen molar-refractivity contribution in [2.75, 3.05) is 47.5 Å². The molecule has 0 aromatic carbocycles. The van der Waals surface area contributed by atoms with E-state index in [-0.39, 0.29) is 32.2 Å². The molecular formula is C77H138NO8+. The van der Waals surface area contributed by atoms with Gasteiger partial charge in [-0.15, -0.1) is 0 Å². The van der Waals surface area contributed by atoms with Gasteiger partial charge in [-0.2, -0.15) is 0 Å². The largest absolute Gasteiger partial charge is 0.477 e. The van der Waals surface area contributed by atoms with E-state index in [4.69, 9.17) is 18.9 Å². The number of hydrogen-bond donors (Lipinski definition) is 1. The minimum Gasteiger partial charge on any atom is -0.477 e. The van der Waals surface area contributed by atoms with Crippen molar-refractivity contribution in [1.82, 2.24) is 0 Å². The quantitative estimate of drug-likeness (QED) is 0.0211. The molecule has 0 aliphatic rings. The van der Waals surface area contributed by atoms with E-state index in [9.17, 15) is 19.5 Å². The average Bonchev–Trinajstić information content (AvgIpc) is 3.64. The second kappa shape index (κ2) is 67.4. The highest BCUT2D eigenvalue weighted by atomic mass is 16.7. The summed E-state index contributed by atoms with van der Waals surface area (Å²) in [6.07, 6.45) is 88.4. The molecule has 0 heterocycles. The van der Waals surface area contributed by atoms with Gasteiger partial charge in [-0.25, -0.2) is 4.79 Å². The number of unbranched alkanes of at least 4 members (excludes halogenated alkanes) is 38. The number of esters is 2. The van der Waals surface area contributed by atoms with Crippen LogP contribution in [0.25, 0.3) is 0 Å². The number of allylic oxidation sites excluding steroid dienone is 14. The number of nitrogens with zero attached hydrogens (tertiary/aromatic N) is 1. The normalized spacial score (nSPS) is 13.2. The Bertz CT molecular complexity index is 1690. The highest BCUT2D eigenvalue weighted by Gasteiger charge is 2.25. The van der Waals surface area contributed by atoms with Crippen molar-refractivity contribution in [3.63, 3.8) is 0 Å². The molecule has 0 bridgehead atoms. The number of hydrogen-bond acceptors (Lipinski definition) is 7. The molecule has 0 saturated carbocycles. The molecule has 0 aliphatic carbocycles. The summed E-state index contributed by atoms with van der Waals surface area (Å²) in [5.74, 6) is -1.99. The van der Waals surface area contributed by atoms with E-state index in [0.717, 1.165) is 83.5 Å². The minimum atomic E-state index is -1.51. The molecule has 0 saturated heterocycles. The predicted molar refractivity (Wildman–Crippen MR) is 369 cm³/mol. The van der Waals surface area contributed by atoms with Crippen molar-refractivity contribution in [2.45, 2.75) is 341 Å². The first-order valence-corrected chi connectivity index (χ1v) is 36.3. The van der Waals surface area contributed by atoms with Gasteiger partial charge in [0.1, 0.15) is 13.2 Å². The van der Waals surface area contributed by atoms with Gasteiger partial charge < -0.3 is 28.5 Å². The molecule has 0 aliphatic heterocycles. The number of ether oxygens (including phenoxy) is 4. The third-order valence-corrected chi connectivity index (χ3v) is 15.9. The number of quaternary nitrogens is 1. The predicted octanol–water partition coefficient (Wildman–Crippen LogP) is 22.6. The summed E-state index contributed by atoms with van der Waals surface area (Å²) in [6.45, 7) is 4.81. The van der Waals surface area contributed by atoms with Gasteiger partial charge in [0.15, 0.2) is 6.10 Å². The Balaban J connectivity index is 4.07. The summed E-state index contributed by atoms with van der Waals surface area (Å²) in [6, 6.07) is 0. The molecule has 2 atom stereocenters. The highest BCUT2D eigenvalue weighted by Crippen LogP contribution is 2.18. The smallest absolute Gasteiger partial charge is 0.361 e. The molecule has 1 N–H and O–H groups in total. The summed E-state index contributed by atoms with van der Waals surface area (Å²) in [7, 11) is 5.99. The number of carbonyl (C=O) groups is 3. The van der Waals surface area contributed by atoms with Crippen LogP contribution in [0.4, 0.5) is 0 Å². The summed E-state index contributed by atoms with van der Waals surface area (Å²) in [5.41, 5.74) is 0. The van der Waals surface area contributed by atoms with E-state index in [2.05, 4.69) is 98.9 Å². The van der Waals surface area contributed by atoms with Crippen LogP contribution >= 0.6 is 0 Å². The van der Waals surface area contributed by atoms with Crippen LogP contribution in [0.3, 0.4) is 0 Å². The first-order chi connectivity index (χ1) is 42.1. The molecular weight excluding hydrogens is 1070 g/mol. The van der Waals surface area contributed by atoms with Crippen LogP contribution in [0.1, 0.15) is 328 Å². The molecule has 0 rings (SSSR count). The topological polar surface area (TPSA) is 108 Å². The Morgan fingerprint density at radius 3 is 0.988 bits per heavy atom. The van der Waals surface area contributed by atoms with Crippen molar-refractivity contribution in [3.05, 3.63) is 85.1 Å². The van der Waals surface area contributed by atoms with Crippen LogP contribution < -0.4 is 0 Å². The van der Waals surface area contributed by atoms with E-state index >= 15 is 0 Å². The fourth-order valence-electron chi connectivity index (χ4n) is 10.4. The molecule has 9 nitrogen and oxygen atoms in total. The Kier molecular flexibility index (Phi) is 64.6. The van der Waals surface area contributed by atoms with Crippen LogP contribution in [0, 0.1) is 0 Å². The van der Waals surface area contributed by atoms with Gasteiger partial charge in [-0.1, -0.05) is 330 Å². The number of carboxylic acids is 1. The average molecular weight is 1210 g/mol. The van der Waals surface area contributed by atoms with Gasteiger partial charge in [0, 0.05) is 12.8 Å². The fourth-order valence-corrected chi connectivity index (χ4v) is 10.4. The monoisotopic (exact) mass is 1210 g/mol. The van der Waals surface area contributed by atoms with Crippen LogP contribution in [0.5, 0.6) is 0 Å². The van der Waals surface area contributed by atoms with Gasteiger partial charge in [-0.05, 0) is 70.6 Å². The zero-order chi connectivity index (χ0) is 62.6. The van der Waals surface area contributed by atoms with Crippen molar-refractivity contribution in [1.29, 1.82) is 0 Å². The van der Waals surface area contributed by atoms with Crippen LogP contribution in [-0.4, -0.2) is 87.4 Å². The zero-order valence-electron chi connectivity index (χ0n) is 57.0. The van der Waals surface area contributed by atoms with E-state index in [1.807, 2.05) is 21.1 Å². The molecule has 0 radical (unpaired) electrons. The van der Waals surface area contributed by atoms with Crippen LogP contribution in [-0.2, 0) is 33.3 Å². The second-order valence-corrected chi connectivity index (χ2v) is 25.5. The first kappa shape index (κ1) is 82.5. The van der Waals surface area contributed by atoms with E-state index < -0.39 is 24.3 Å². The summed E-state index contributed by atoms with van der Waals surface area (Å²) >= 11 is 0. The third-order valence-electron chi connectivity index (χ3n) is 15.9. The third kappa shape index (κ3) is 68.0. The first-order valence-electron chi connectivity index (χ1n) is 36.3. The van der Waals surface area contributed by atoms with Crippen molar-refractivity contribution < 1.29 is 42.9 Å². The molecule has 0 fully saturated rings. The molecule has 0 spiro atoms. The Hall–Kier alpha value is -3.53. The van der Waals surface area contributed by atoms with Gasteiger partial charge >= 0.3 is 17.9 Å². The molecule has 2 unspecified atom stereocenters. The minimum absolute atomic E-state index is 0.180. The lowest BCUT2D eigenvalue weighted by Crippen LogP contribution is -2.40.